The van der Waals surface area contributed by atoms with Crippen molar-refractivity contribution in [2.45, 2.75) is 13.1 Å². The molecule has 0 amide bonds. The highest BCUT2D eigenvalue weighted by atomic mass is 19.4. The van der Waals surface area contributed by atoms with Gasteiger partial charge in [0.05, 0.1) is 16.7 Å². The first kappa shape index (κ1) is 18.4. The molecule has 2 nitrogen and oxygen atoms in total. The molecule has 3 aromatic carbocycles. The van der Waals surface area contributed by atoms with E-state index in [2.05, 4.69) is 22.1 Å². The molecular formula is C25H18F3N2+. The van der Waals surface area contributed by atoms with Gasteiger partial charge in [-0.2, -0.15) is 13.2 Å². The van der Waals surface area contributed by atoms with Gasteiger partial charge >= 0.3 is 6.18 Å². The first-order chi connectivity index (χ1) is 14.4. The van der Waals surface area contributed by atoms with Crippen molar-refractivity contribution in [1.29, 1.82) is 0 Å². The highest BCUT2D eigenvalue weighted by Crippen LogP contribution is 2.38. The maximum absolute atomic E-state index is 13.1. The molecule has 1 aliphatic rings. The van der Waals surface area contributed by atoms with Gasteiger partial charge in [0.25, 0.3) is 0 Å². The van der Waals surface area contributed by atoms with Gasteiger partial charge in [0.2, 0.25) is 5.69 Å². The van der Waals surface area contributed by atoms with Gasteiger partial charge in [0, 0.05) is 34.3 Å². The maximum atomic E-state index is 13.1. The van der Waals surface area contributed by atoms with Gasteiger partial charge in [-0.15, -0.1) is 0 Å². The second-order valence-electron chi connectivity index (χ2n) is 7.45. The Kier molecular flexibility index (Phi) is 4.13. The lowest BCUT2D eigenvalue weighted by atomic mass is 9.89. The quantitative estimate of drug-likeness (QED) is 0.458. The van der Waals surface area contributed by atoms with Gasteiger partial charge in [-0.05, 0) is 42.3 Å². The zero-order valence-corrected chi connectivity index (χ0v) is 16.1. The van der Waals surface area contributed by atoms with Crippen LogP contribution in [-0.2, 0) is 6.18 Å². The Bertz CT molecular complexity index is 1320. The molecule has 5 rings (SSSR count). The molecule has 0 saturated heterocycles. The summed E-state index contributed by atoms with van der Waals surface area (Å²) in [6.07, 6.45) is -0.513. The van der Waals surface area contributed by atoms with Gasteiger partial charge in [-0.1, -0.05) is 36.4 Å². The van der Waals surface area contributed by atoms with E-state index in [0.29, 0.717) is 0 Å². The number of fused-ring (bicyclic) bond motifs is 2. The van der Waals surface area contributed by atoms with Gasteiger partial charge in [-0.3, -0.25) is 0 Å². The number of halogens is 3. The molecule has 2 heterocycles. The first-order valence-corrected chi connectivity index (χ1v) is 9.61. The zero-order valence-electron chi connectivity index (χ0n) is 16.1. The number of H-pyrrole nitrogens is 1. The number of nitrogens with one attached hydrogen (secondary N) is 2. The summed E-state index contributed by atoms with van der Waals surface area (Å²) in [6.45, 7) is 2.03. The lowest BCUT2D eigenvalue weighted by Gasteiger charge is -2.12. The summed E-state index contributed by atoms with van der Waals surface area (Å²) in [4.78, 5) is 6.60. The van der Waals surface area contributed by atoms with E-state index in [9.17, 15) is 13.2 Å². The van der Waals surface area contributed by atoms with Crippen molar-refractivity contribution in [2.24, 2.45) is 0 Å². The lowest BCUT2D eigenvalue weighted by Crippen LogP contribution is -2.58. The molecule has 2 N–H and O–H groups in total. The van der Waals surface area contributed by atoms with Crippen molar-refractivity contribution in [3.8, 4) is 0 Å². The maximum Gasteiger partial charge on any atom is 0.416 e. The molecule has 0 unspecified atom stereocenters. The third-order valence-corrected chi connectivity index (χ3v) is 5.47. The van der Waals surface area contributed by atoms with E-state index in [1.807, 2.05) is 49.7 Å². The van der Waals surface area contributed by atoms with Crippen LogP contribution in [0.5, 0.6) is 0 Å². The number of alkyl halides is 3. The van der Waals surface area contributed by atoms with Crippen LogP contribution in [0.3, 0.4) is 0 Å². The minimum Gasteiger partial charge on any atom is -0.361 e. The molecular weight excluding hydrogens is 385 g/mol. The van der Waals surface area contributed by atoms with Crippen LogP contribution in [0.4, 0.5) is 18.9 Å². The Morgan fingerprint density at radius 2 is 1.70 bits per heavy atom. The number of benzene rings is 3. The second-order valence-corrected chi connectivity index (χ2v) is 7.45. The van der Waals surface area contributed by atoms with Crippen LogP contribution in [0.25, 0.3) is 22.0 Å². The Morgan fingerprint density at radius 1 is 0.933 bits per heavy atom. The van der Waals surface area contributed by atoms with E-state index >= 15 is 0 Å². The molecule has 0 spiro atoms. The summed E-state index contributed by atoms with van der Waals surface area (Å²) < 4.78 is 39.3. The van der Waals surface area contributed by atoms with Crippen LogP contribution < -0.4 is 4.99 Å². The predicted molar refractivity (Wildman–Crippen MR) is 114 cm³/mol. The molecule has 0 atom stereocenters. The van der Waals surface area contributed by atoms with Crippen molar-refractivity contribution < 1.29 is 18.2 Å². The summed E-state index contributed by atoms with van der Waals surface area (Å²) in [7, 11) is 0. The van der Waals surface area contributed by atoms with Crippen molar-refractivity contribution >= 4 is 34.0 Å². The van der Waals surface area contributed by atoms with E-state index in [1.165, 1.54) is 0 Å². The smallest absolute Gasteiger partial charge is 0.361 e. The van der Waals surface area contributed by atoms with Crippen LogP contribution in [0.2, 0.25) is 0 Å². The number of rotatable bonds is 2. The van der Waals surface area contributed by atoms with E-state index < -0.39 is 11.7 Å². The minimum absolute atomic E-state index is 0.654. The fourth-order valence-corrected chi connectivity index (χ4v) is 4.01. The summed E-state index contributed by atoms with van der Waals surface area (Å²) >= 11 is 0. The largest absolute Gasteiger partial charge is 0.416 e. The van der Waals surface area contributed by atoms with Crippen molar-refractivity contribution in [3.63, 3.8) is 0 Å². The Balaban J connectivity index is 1.78. The molecule has 0 bridgehead atoms. The van der Waals surface area contributed by atoms with Crippen molar-refractivity contribution in [1.82, 2.24) is 4.98 Å². The molecule has 0 radical (unpaired) electrons. The van der Waals surface area contributed by atoms with Crippen LogP contribution in [0.1, 0.15) is 27.8 Å². The number of para-hydroxylation sites is 1. The van der Waals surface area contributed by atoms with Gasteiger partial charge in [-0.25, -0.2) is 4.99 Å². The molecule has 0 aliphatic carbocycles. The fraction of sp³-hybridized carbons (Fsp3) is 0.0800. The SMILES string of the molecule is Cc1ccc2c(C(=C3C=[NH+]c4ccccc43)c3ccc(C(F)(F)F)cc3)c[nH]c2c1. The minimum atomic E-state index is -4.36. The lowest BCUT2D eigenvalue weighted by molar-refractivity contribution is -0.342. The average molecular weight is 403 g/mol. The summed E-state index contributed by atoms with van der Waals surface area (Å²) in [6, 6.07) is 19.5. The van der Waals surface area contributed by atoms with E-state index in [4.69, 9.17) is 0 Å². The zero-order chi connectivity index (χ0) is 20.9. The fourth-order valence-electron chi connectivity index (χ4n) is 4.01. The second kappa shape index (κ2) is 6.73. The third-order valence-electron chi connectivity index (χ3n) is 5.47. The third kappa shape index (κ3) is 3.03. The topological polar surface area (TPSA) is 29.8 Å². The highest BCUT2D eigenvalue weighted by Gasteiger charge is 2.31. The van der Waals surface area contributed by atoms with Crippen LogP contribution in [-0.4, -0.2) is 11.2 Å². The normalized spacial score (nSPS) is 14.9. The predicted octanol–water partition coefficient (Wildman–Crippen LogP) is 5.25. The van der Waals surface area contributed by atoms with Crippen LogP contribution in [0, 0.1) is 6.92 Å². The molecule has 0 saturated carbocycles. The van der Waals surface area contributed by atoms with Crippen molar-refractivity contribution in [2.75, 3.05) is 0 Å². The number of allylic oxidation sites excluding steroid dienone is 1. The number of aryl methyl sites for hydroxylation is 1. The average Bonchev–Trinajstić information content (AvgIpc) is 3.33. The number of hydrogen-bond donors (Lipinski definition) is 2. The number of aromatic nitrogens is 1. The molecule has 30 heavy (non-hydrogen) atoms. The molecule has 1 aromatic heterocycles. The molecule has 5 heteroatoms. The van der Waals surface area contributed by atoms with E-state index in [1.54, 1.807) is 12.1 Å². The van der Waals surface area contributed by atoms with Crippen molar-refractivity contribution in [3.05, 3.63) is 101 Å². The first-order valence-electron chi connectivity index (χ1n) is 9.61. The number of aromatic amines is 1. The molecule has 148 valence electrons. The van der Waals surface area contributed by atoms with E-state index in [-0.39, 0.29) is 0 Å². The van der Waals surface area contributed by atoms with E-state index in [0.717, 1.165) is 62.1 Å². The highest BCUT2D eigenvalue weighted by molar-refractivity contribution is 6.24. The Labute approximate surface area is 171 Å². The van der Waals surface area contributed by atoms with Gasteiger partial charge in [0.15, 0.2) is 6.21 Å². The number of hydrogen-bond acceptors (Lipinski definition) is 0. The molecule has 4 aromatic rings. The monoisotopic (exact) mass is 403 g/mol. The molecule has 0 fully saturated rings. The summed E-state index contributed by atoms with van der Waals surface area (Å²) in [5, 5.41) is 1.03. The van der Waals surface area contributed by atoms with Crippen LogP contribution >= 0.6 is 0 Å². The standard InChI is InChI=1S/C25H17F3N2/c1-15-6-11-19-21(14-30-23(19)12-15)24(16-7-9-17(10-8-16)25(26,27)28)20-13-29-22-5-3-2-4-18(20)22/h2-14,30H,1H3/p+1. The van der Waals surface area contributed by atoms with Gasteiger partial charge in [0.1, 0.15) is 0 Å². The summed E-state index contributed by atoms with van der Waals surface area (Å²) in [5.41, 5.74) is 7.00. The van der Waals surface area contributed by atoms with Crippen LogP contribution in [0.15, 0.2) is 72.9 Å². The summed E-state index contributed by atoms with van der Waals surface area (Å²) in [5.74, 6) is 0. The Morgan fingerprint density at radius 3 is 2.47 bits per heavy atom. The Hall–Kier alpha value is -3.60. The molecule has 1 aliphatic heterocycles. The van der Waals surface area contributed by atoms with Gasteiger partial charge < -0.3 is 4.98 Å².